The summed E-state index contributed by atoms with van der Waals surface area (Å²) in [7, 11) is 0. The second-order valence-electron chi connectivity index (χ2n) is 26.7. The van der Waals surface area contributed by atoms with E-state index in [0.717, 1.165) is 134 Å². The second-order valence-corrected chi connectivity index (χ2v) is 26.7. The maximum atomic E-state index is 7.68. The number of hydrogen-bond acceptors (Lipinski definition) is 3. The highest BCUT2D eigenvalue weighted by atomic mass is 16.5. The third-order valence-electron chi connectivity index (χ3n) is 20.5. The first-order chi connectivity index (χ1) is 46.2. The molecule has 440 valence electrons. The van der Waals surface area contributed by atoms with Gasteiger partial charge >= 0.3 is 0 Å². The van der Waals surface area contributed by atoms with Crippen molar-refractivity contribution in [1.29, 1.82) is 0 Å². The van der Waals surface area contributed by atoms with E-state index in [0.29, 0.717) is 0 Å². The largest absolute Gasteiger partial charge is 0.458 e. The SMILES string of the molecule is CC(C)(C)c1ccc(-c2cc(-c3ccccc3)c(N3c4cc(-n5c6ccccc6c6ccccc65)ccc4B4c5ccc(-c6ccc7oc8ccccc8c7c6)cc5Oc5cc(-c6ccc7c(c6)c6cccc8c9ccccc9n7c86)cc3c54)c(-c3ccccc3)c2)cc1. The highest BCUT2D eigenvalue weighted by molar-refractivity contribution is 6.99. The van der Waals surface area contributed by atoms with Crippen molar-refractivity contribution < 1.29 is 9.15 Å². The average molecular weight is 1200 g/mol. The second kappa shape index (κ2) is 19.8. The molecule has 0 saturated carbocycles. The highest BCUT2D eigenvalue weighted by Gasteiger charge is 2.44. The summed E-state index contributed by atoms with van der Waals surface area (Å²) in [4.78, 5) is 2.63. The minimum atomic E-state index is -0.214. The fourth-order valence-corrected chi connectivity index (χ4v) is 16.1. The van der Waals surface area contributed by atoms with Gasteiger partial charge in [0.2, 0.25) is 0 Å². The molecule has 0 amide bonds. The topological polar surface area (TPSA) is 35.0 Å². The molecule has 0 spiro atoms. The lowest BCUT2D eigenvalue weighted by Crippen LogP contribution is -2.59. The summed E-state index contributed by atoms with van der Waals surface area (Å²) in [6.45, 7) is 6.65. The molecular weight excluding hydrogens is 1140 g/mol. The van der Waals surface area contributed by atoms with Crippen molar-refractivity contribution in [2.24, 2.45) is 0 Å². The molecule has 94 heavy (non-hydrogen) atoms. The number of nitrogens with zero attached hydrogens (tertiary/aromatic N) is 3. The van der Waals surface area contributed by atoms with Crippen LogP contribution in [0.5, 0.6) is 11.5 Å². The molecule has 2 aliphatic heterocycles. The fourth-order valence-electron chi connectivity index (χ4n) is 16.1. The smallest absolute Gasteiger partial charge is 0.256 e. The van der Waals surface area contributed by atoms with Crippen molar-refractivity contribution >= 4 is 122 Å². The van der Waals surface area contributed by atoms with Crippen LogP contribution >= 0.6 is 0 Å². The van der Waals surface area contributed by atoms with Gasteiger partial charge in [-0.15, -0.1) is 0 Å². The van der Waals surface area contributed by atoms with Crippen LogP contribution in [-0.4, -0.2) is 15.7 Å². The van der Waals surface area contributed by atoms with Crippen molar-refractivity contribution in [3.8, 4) is 72.8 Å². The number of furan rings is 1. The number of aromatic nitrogens is 2. The summed E-state index contributed by atoms with van der Waals surface area (Å²) in [5.74, 6) is 1.67. The highest BCUT2D eigenvalue weighted by Crippen LogP contribution is 2.53. The van der Waals surface area contributed by atoms with Gasteiger partial charge in [-0.25, -0.2) is 0 Å². The number of rotatable bonds is 7. The van der Waals surface area contributed by atoms with Gasteiger partial charge in [-0.3, -0.25) is 0 Å². The van der Waals surface area contributed by atoms with Crippen LogP contribution in [0.3, 0.4) is 0 Å². The maximum Gasteiger partial charge on any atom is 0.256 e. The van der Waals surface area contributed by atoms with E-state index in [4.69, 9.17) is 9.15 Å². The summed E-state index contributed by atoms with van der Waals surface area (Å²) < 4.78 is 19.0. The van der Waals surface area contributed by atoms with Crippen LogP contribution in [0.25, 0.3) is 143 Å². The number of para-hydroxylation sites is 5. The number of fused-ring (bicyclic) bond motifs is 16. The third kappa shape index (κ3) is 7.77. The normalized spacial score (nSPS) is 12.9. The Morgan fingerprint density at radius 3 is 1.56 bits per heavy atom. The third-order valence-corrected chi connectivity index (χ3v) is 20.5. The Morgan fingerprint density at radius 1 is 0.330 bits per heavy atom. The Hall–Kier alpha value is -11.9. The standard InChI is InChI=1S/C88H58BN3O2/c1-88(2,3)61-38-33-53(34-39-61)59-47-69(54-19-6-4-7-20-54)87(70(48-59)55-21-8-5-9-22-55)92-79-52-62(90-75-29-14-10-23-63(75)64-24-11-15-30-76(64)90)40-42-73(79)89-74-41-35-58(56-37-44-82-72(46-56)66-26-13-17-32-81(66)93-82)50-83(74)94-84-51-60(49-80(92)85(84)89)57-36-43-78-71(45-57)68-28-18-27-67-65-25-12-16-31-77(65)91(78)86(67)68/h4-52H,1-3H3. The van der Waals surface area contributed by atoms with Gasteiger partial charge in [0.1, 0.15) is 22.7 Å². The Kier molecular flexibility index (Phi) is 11.2. The lowest BCUT2D eigenvalue weighted by atomic mass is 9.34. The summed E-state index contributed by atoms with van der Waals surface area (Å²) in [5, 5.41) is 9.63. The predicted molar refractivity (Wildman–Crippen MR) is 394 cm³/mol. The van der Waals surface area contributed by atoms with E-state index >= 15 is 0 Å². The molecule has 0 fully saturated rings. The maximum absolute atomic E-state index is 7.68. The molecule has 6 heterocycles. The van der Waals surface area contributed by atoms with Gasteiger partial charge in [-0.05, 0) is 163 Å². The molecule has 5 nitrogen and oxygen atoms in total. The summed E-state index contributed by atoms with van der Waals surface area (Å²) in [6.07, 6.45) is 0. The summed E-state index contributed by atoms with van der Waals surface area (Å²) in [5.41, 5.74) is 27.9. The molecule has 0 radical (unpaired) electrons. The van der Waals surface area contributed by atoms with Gasteiger partial charge in [-0.1, -0.05) is 227 Å². The Labute approximate surface area is 543 Å². The minimum Gasteiger partial charge on any atom is -0.458 e. The zero-order valence-corrected chi connectivity index (χ0v) is 52.0. The lowest BCUT2D eigenvalue weighted by Gasteiger charge is -2.42. The number of anilines is 3. The molecule has 2 aliphatic rings. The molecule has 0 aliphatic carbocycles. The minimum absolute atomic E-state index is 0.00436. The van der Waals surface area contributed by atoms with Gasteiger partial charge in [0.25, 0.3) is 6.71 Å². The molecule has 0 N–H and O–H groups in total. The van der Waals surface area contributed by atoms with Gasteiger partial charge in [0.05, 0.1) is 33.3 Å². The molecule has 20 rings (SSSR count). The van der Waals surface area contributed by atoms with E-state index in [-0.39, 0.29) is 12.1 Å². The monoisotopic (exact) mass is 1200 g/mol. The van der Waals surface area contributed by atoms with E-state index in [1.54, 1.807) is 0 Å². The molecule has 6 heteroatoms. The first kappa shape index (κ1) is 52.9. The molecule has 14 aromatic carbocycles. The average Bonchev–Trinajstić information content (AvgIpc) is 1.04. The van der Waals surface area contributed by atoms with Crippen molar-refractivity contribution in [3.63, 3.8) is 0 Å². The van der Waals surface area contributed by atoms with E-state index < -0.39 is 0 Å². The summed E-state index contributed by atoms with van der Waals surface area (Å²) in [6, 6.07) is 110. The first-order valence-electron chi connectivity index (χ1n) is 32.7. The Balaban J connectivity index is 0.892. The van der Waals surface area contributed by atoms with Crippen LogP contribution in [0.1, 0.15) is 26.3 Å². The molecule has 0 atom stereocenters. The molecule has 18 aromatic rings. The summed E-state index contributed by atoms with van der Waals surface area (Å²) >= 11 is 0. The first-order valence-corrected chi connectivity index (χ1v) is 32.7. The molecule has 0 bridgehead atoms. The number of benzene rings is 14. The van der Waals surface area contributed by atoms with Crippen molar-refractivity contribution in [1.82, 2.24) is 8.97 Å². The van der Waals surface area contributed by atoms with Crippen LogP contribution < -0.4 is 26.0 Å². The predicted octanol–water partition coefficient (Wildman–Crippen LogP) is 21.9. The molecule has 0 saturated heterocycles. The van der Waals surface area contributed by atoms with Gasteiger partial charge in [-0.2, -0.15) is 0 Å². The number of hydrogen-bond donors (Lipinski definition) is 0. The van der Waals surface area contributed by atoms with E-state index in [1.807, 2.05) is 12.1 Å². The van der Waals surface area contributed by atoms with Crippen molar-refractivity contribution in [2.45, 2.75) is 26.2 Å². The molecular formula is C88H58BN3O2. The fraction of sp³-hybridized carbons (Fsp3) is 0.0455. The van der Waals surface area contributed by atoms with Crippen molar-refractivity contribution in [2.75, 3.05) is 4.90 Å². The Bertz CT molecular complexity index is 6070. The van der Waals surface area contributed by atoms with Crippen LogP contribution in [0.2, 0.25) is 0 Å². The lowest BCUT2D eigenvalue weighted by molar-refractivity contribution is 0.488. The van der Waals surface area contributed by atoms with Crippen LogP contribution in [0.15, 0.2) is 302 Å². The number of ether oxygens (including phenoxy) is 1. The Morgan fingerprint density at radius 2 is 0.851 bits per heavy atom. The van der Waals surface area contributed by atoms with Crippen LogP contribution in [0.4, 0.5) is 17.1 Å². The molecule has 4 aromatic heterocycles. The zero-order valence-electron chi connectivity index (χ0n) is 52.0. The van der Waals surface area contributed by atoms with Gasteiger partial charge in [0.15, 0.2) is 0 Å². The quantitative estimate of drug-likeness (QED) is 0.149. The van der Waals surface area contributed by atoms with Crippen LogP contribution in [0, 0.1) is 0 Å². The zero-order chi connectivity index (χ0) is 62.1. The van der Waals surface area contributed by atoms with Crippen molar-refractivity contribution in [3.05, 3.63) is 303 Å². The van der Waals surface area contributed by atoms with Crippen LogP contribution in [-0.2, 0) is 5.41 Å². The van der Waals surface area contributed by atoms with E-state index in [1.165, 1.54) is 59.9 Å². The van der Waals surface area contributed by atoms with E-state index in [9.17, 15) is 0 Å². The van der Waals surface area contributed by atoms with Gasteiger partial charge < -0.3 is 23.0 Å². The molecule has 0 unspecified atom stereocenters. The van der Waals surface area contributed by atoms with Gasteiger partial charge in [0, 0.05) is 71.3 Å². The van der Waals surface area contributed by atoms with E-state index in [2.05, 4.69) is 320 Å².